The Morgan fingerprint density at radius 2 is 2.10 bits per heavy atom. The molecular formula is C16H30N4S. The summed E-state index contributed by atoms with van der Waals surface area (Å²) in [7, 11) is 1.82. The van der Waals surface area contributed by atoms with Gasteiger partial charge in [0.05, 0.1) is 10.7 Å². The van der Waals surface area contributed by atoms with Crippen LogP contribution in [0.4, 0.5) is 0 Å². The van der Waals surface area contributed by atoms with E-state index in [1.807, 2.05) is 7.05 Å². The maximum atomic E-state index is 4.58. The first-order valence-electron chi connectivity index (χ1n) is 7.95. The molecular weight excluding hydrogens is 280 g/mol. The molecule has 21 heavy (non-hydrogen) atoms. The maximum absolute atomic E-state index is 4.58. The summed E-state index contributed by atoms with van der Waals surface area (Å²) in [5.41, 5.74) is 1.17. The van der Waals surface area contributed by atoms with Crippen LogP contribution in [0.2, 0.25) is 0 Å². The molecule has 0 saturated carbocycles. The van der Waals surface area contributed by atoms with Crippen molar-refractivity contribution in [2.75, 3.05) is 13.6 Å². The van der Waals surface area contributed by atoms with Crippen LogP contribution in [0.3, 0.4) is 0 Å². The highest BCUT2D eigenvalue weighted by Gasteiger charge is 2.06. The Bertz CT molecular complexity index is 426. The van der Waals surface area contributed by atoms with Gasteiger partial charge >= 0.3 is 0 Å². The maximum Gasteiger partial charge on any atom is 0.191 e. The molecule has 0 fully saturated rings. The summed E-state index contributed by atoms with van der Waals surface area (Å²) >= 11 is 1.75. The van der Waals surface area contributed by atoms with Crippen LogP contribution in [0.5, 0.6) is 0 Å². The normalized spacial score (nSPS) is 13.5. The topological polar surface area (TPSA) is 49.3 Å². The summed E-state index contributed by atoms with van der Waals surface area (Å²) in [4.78, 5) is 8.86. The van der Waals surface area contributed by atoms with E-state index in [4.69, 9.17) is 0 Å². The van der Waals surface area contributed by atoms with E-state index in [0.717, 1.165) is 31.3 Å². The Balaban J connectivity index is 2.27. The minimum Gasteiger partial charge on any atom is -0.356 e. The summed E-state index contributed by atoms with van der Waals surface area (Å²) in [6, 6.07) is 0.449. The van der Waals surface area contributed by atoms with Crippen molar-refractivity contribution in [3.8, 4) is 0 Å². The molecule has 0 aliphatic heterocycles. The zero-order chi connectivity index (χ0) is 15.7. The molecule has 120 valence electrons. The van der Waals surface area contributed by atoms with Gasteiger partial charge < -0.3 is 10.6 Å². The van der Waals surface area contributed by atoms with Crippen molar-refractivity contribution in [2.24, 2.45) is 10.9 Å². The number of thiazole rings is 1. The van der Waals surface area contributed by atoms with Crippen molar-refractivity contribution >= 4 is 17.3 Å². The Kier molecular flexibility index (Phi) is 8.35. The second kappa shape index (κ2) is 9.77. The molecule has 0 saturated heterocycles. The fraction of sp³-hybridized carbons (Fsp3) is 0.750. The second-order valence-electron chi connectivity index (χ2n) is 5.85. The zero-order valence-corrected chi connectivity index (χ0v) is 14.9. The molecule has 1 unspecified atom stereocenters. The van der Waals surface area contributed by atoms with Crippen LogP contribution < -0.4 is 10.6 Å². The smallest absolute Gasteiger partial charge is 0.191 e. The largest absolute Gasteiger partial charge is 0.356 e. The summed E-state index contributed by atoms with van der Waals surface area (Å²) in [5, 5.41) is 10.2. The van der Waals surface area contributed by atoms with Crippen molar-refractivity contribution in [3.63, 3.8) is 0 Å². The number of rotatable bonds is 8. The van der Waals surface area contributed by atoms with E-state index >= 15 is 0 Å². The first-order valence-corrected chi connectivity index (χ1v) is 8.83. The molecule has 0 aromatic carbocycles. The highest BCUT2D eigenvalue weighted by molar-refractivity contribution is 7.09. The van der Waals surface area contributed by atoms with Crippen LogP contribution >= 0.6 is 11.3 Å². The van der Waals surface area contributed by atoms with Gasteiger partial charge in [0.2, 0.25) is 0 Å². The molecule has 1 heterocycles. The molecule has 0 aliphatic carbocycles. The van der Waals surface area contributed by atoms with Crippen LogP contribution in [0.1, 0.15) is 51.2 Å². The number of nitrogens with zero attached hydrogens (tertiary/aromatic N) is 2. The fourth-order valence-corrected chi connectivity index (χ4v) is 2.80. The van der Waals surface area contributed by atoms with E-state index in [0.29, 0.717) is 6.04 Å². The lowest BCUT2D eigenvalue weighted by atomic mass is 10.0. The molecule has 5 heteroatoms. The lowest BCUT2D eigenvalue weighted by Gasteiger charge is -2.18. The minimum absolute atomic E-state index is 0.449. The lowest BCUT2D eigenvalue weighted by molar-refractivity contribution is 0.489. The number of aliphatic imine (C=N–C) groups is 1. The van der Waals surface area contributed by atoms with Gasteiger partial charge in [-0.15, -0.1) is 11.3 Å². The molecule has 0 spiro atoms. The Labute approximate surface area is 133 Å². The molecule has 2 N–H and O–H groups in total. The van der Waals surface area contributed by atoms with E-state index in [1.165, 1.54) is 23.5 Å². The Hall–Kier alpha value is -1.10. The van der Waals surface area contributed by atoms with Crippen molar-refractivity contribution in [2.45, 2.75) is 59.4 Å². The van der Waals surface area contributed by atoms with Gasteiger partial charge in [-0.25, -0.2) is 4.98 Å². The van der Waals surface area contributed by atoms with Gasteiger partial charge in [-0.05, 0) is 32.1 Å². The average molecular weight is 311 g/mol. The third kappa shape index (κ3) is 7.46. The first kappa shape index (κ1) is 18.0. The third-order valence-electron chi connectivity index (χ3n) is 3.36. The number of hydrogen-bond acceptors (Lipinski definition) is 3. The van der Waals surface area contributed by atoms with Gasteiger partial charge in [0.15, 0.2) is 5.96 Å². The summed E-state index contributed by atoms with van der Waals surface area (Å²) in [6.45, 7) is 9.74. The van der Waals surface area contributed by atoms with Crippen molar-refractivity contribution in [1.29, 1.82) is 0 Å². The second-order valence-corrected chi connectivity index (χ2v) is 6.79. The zero-order valence-electron chi connectivity index (χ0n) is 14.1. The molecule has 1 aromatic rings. The van der Waals surface area contributed by atoms with Crippen LogP contribution in [-0.2, 0) is 12.8 Å². The molecule has 0 aliphatic rings. The van der Waals surface area contributed by atoms with E-state index in [1.54, 1.807) is 11.3 Å². The molecule has 1 rings (SSSR count). The molecule has 4 nitrogen and oxygen atoms in total. The Morgan fingerprint density at radius 1 is 1.33 bits per heavy atom. The number of nitrogens with one attached hydrogen (secondary N) is 2. The van der Waals surface area contributed by atoms with Crippen molar-refractivity contribution in [1.82, 2.24) is 15.6 Å². The fourth-order valence-electron chi connectivity index (χ4n) is 2.02. The molecule has 1 aromatic heterocycles. The first-order chi connectivity index (χ1) is 10.0. The third-order valence-corrected chi connectivity index (χ3v) is 4.40. The van der Waals surface area contributed by atoms with E-state index < -0.39 is 0 Å². The molecule has 0 radical (unpaired) electrons. The quantitative estimate of drug-likeness (QED) is 0.572. The average Bonchev–Trinajstić information content (AvgIpc) is 2.92. The van der Waals surface area contributed by atoms with Gasteiger partial charge in [0.25, 0.3) is 0 Å². The van der Waals surface area contributed by atoms with Gasteiger partial charge in [-0.1, -0.05) is 20.8 Å². The van der Waals surface area contributed by atoms with Crippen LogP contribution in [0, 0.1) is 5.92 Å². The van der Waals surface area contributed by atoms with Crippen LogP contribution in [0.15, 0.2) is 10.4 Å². The summed E-state index contributed by atoms with van der Waals surface area (Å²) in [5.74, 6) is 1.64. The number of guanidine groups is 1. The lowest BCUT2D eigenvalue weighted by Crippen LogP contribution is -2.43. The SMILES string of the molecule is CCc1nc(CCNC(=NC)NC(C)CCC(C)C)cs1. The molecule has 0 amide bonds. The van der Waals surface area contributed by atoms with Crippen LogP contribution in [-0.4, -0.2) is 30.6 Å². The van der Waals surface area contributed by atoms with Crippen molar-refractivity contribution in [3.05, 3.63) is 16.1 Å². The van der Waals surface area contributed by atoms with E-state index in [2.05, 4.69) is 53.7 Å². The van der Waals surface area contributed by atoms with E-state index in [9.17, 15) is 0 Å². The predicted octanol–water partition coefficient (Wildman–Crippen LogP) is 3.24. The molecule has 1 atom stereocenters. The highest BCUT2D eigenvalue weighted by atomic mass is 32.1. The van der Waals surface area contributed by atoms with Gasteiger partial charge in [-0.3, -0.25) is 4.99 Å². The van der Waals surface area contributed by atoms with E-state index in [-0.39, 0.29) is 0 Å². The van der Waals surface area contributed by atoms with Gasteiger partial charge in [0.1, 0.15) is 0 Å². The standard InChI is InChI=1S/C16H30N4S/c1-6-15-20-14(11-21-15)9-10-18-16(17-5)19-13(4)8-7-12(2)3/h11-13H,6-10H2,1-5H3,(H2,17,18,19). The minimum atomic E-state index is 0.449. The number of aryl methyl sites for hydroxylation is 1. The number of aromatic nitrogens is 1. The number of hydrogen-bond donors (Lipinski definition) is 2. The predicted molar refractivity (Wildman–Crippen MR) is 93.2 cm³/mol. The monoisotopic (exact) mass is 310 g/mol. The summed E-state index contributed by atoms with van der Waals surface area (Å²) in [6.07, 6.45) is 4.38. The van der Waals surface area contributed by atoms with Gasteiger partial charge in [0, 0.05) is 31.4 Å². The van der Waals surface area contributed by atoms with Crippen LogP contribution in [0.25, 0.3) is 0 Å². The molecule has 0 bridgehead atoms. The summed E-state index contributed by atoms with van der Waals surface area (Å²) < 4.78 is 0. The highest BCUT2D eigenvalue weighted by Crippen LogP contribution is 2.10. The van der Waals surface area contributed by atoms with Gasteiger partial charge in [-0.2, -0.15) is 0 Å². The van der Waals surface area contributed by atoms with Crippen molar-refractivity contribution < 1.29 is 0 Å². The Morgan fingerprint density at radius 3 is 2.67 bits per heavy atom.